The van der Waals surface area contributed by atoms with E-state index in [1.807, 2.05) is 0 Å². The maximum atomic E-state index is 10.4. The molecule has 0 saturated heterocycles. The number of carbonyl (C=O) groups is 1. The van der Waals surface area contributed by atoms with Crippen molar-refractivity contribution >= 4 is 17.7 Å². The average molecular weight is 164 g/mol. The second kappa shape index (κ2) is 3.83. The van der Waals surface area contributed by atoms with Gasteiger partial charge < -0.3 is 10.2 Å². The molecule has 0 fully saturated rings. The molecule has 0 spiro atoms. The van der Waals surface area contributed by atoms with Gasteiger partial charge in [0.15, 0.2) is 0 Å². The van der Waals surface area contributed by atoms with E-state index in [0.29, 0.717) is 5.75 Å². The number of aliphatic hydroxyl groups excluding tert-OH is 1. The third-order valence-corrected chi connectivity index (χ3v) is 2.35. The smallest absolute Gasteiger partial charge is 0.319 e. The molecule has 0 bridgehead atoms. The second-order valence-corrected chi connectivity index (χ2v) is 4.11. The molecule has 60 valence electrons. The van der Waals surface area contributed by atoms with Gasteiger partial charge in [0.2, 0.25) is 0 Å². The molecule has 0 unspecified atom stereocenters. The van der Waals surface area contributed by atoms with Crippen molar-refractivity contribution in [2.75, 3.05) is 12.4 Å². The molecule has 0 aliphatic carbocycles. The maximum absolute atomic E-state index is 10.4. The van der Waals surface area contributed by atoms with E-state index in [1.165, 1.54) is 11.8 Å². The molecule has 0 aromatic heterocycles. The van der Waals surface area contributed by atoms with Crippen LogP contribution in [-0.2, 0) is 4.79 Å². The van der Waals surface area contributed by atoms with E-state index in [-0.39, 0.29) is 6.61 Å². The summed E-state index contributed by atoms with van der Waals surface area (Å²) in [6.07, 6.45) is 0. The van der Waals surface area contributed by atoms with E-state index in [1.54, 1.807) is 13.8 Å². The zero-order valence-electron chi connectivity index (χ0n) is 6.13. The molecule has 2 N–H and O–H groups in total. The van der Waals surface area contributed by atoms with Gasteiger partial charge >= 0.3 is 5.97 Å². The van der Waals surface area contributed by atoms with Crippen LogP contribution in [0.25, 0.3) is 0 Å². The number of aliphatic carboxylic acids is 1. The largest absolute Gasteiger partial charge is 0.480 e. The van der Waals surface area contributed by atoms with Crippen LogP contribution in [-0.4, -0.2) is 33.3 Å². The molecular formula is C6H12O3S. The Labute approximate surface area is 64.4 Å². The first-order valence-corrected chi connectivity index (χ1v) is 3.97. The van der Waals surface area contributed by atoms with Crippen molar-refractivity contribution in [3.05, 3.63) is 0 Å². The zero-order valence-corrected chi connectivity index (χ0v) is 6.94. The molecule has 0 atom stereocenters. The van der Waals surface area contributed by atoms with E-state index in [9.17, 15) is 4.79 Å². The number of hydrogen-bond donors (Lipinski definition) is 2. The van der Waals surface area contributed by atoms with Crippen LogP contribution in [0.1, 0.15) is 13.8 Å². The molecular weight excluding hydrogens is 152 g/mol. The fourth-order valence-corrected chi connectivity index (χ4v) is 1.09. The normalized spacial score (nSPS) is 11.5. The van der Waals surface area contributed by atoms with Gasteiger partial charge in [0, 0.05) is 5.75 Å². The lowest BCUT2D eigenvalue weighted by molar-refractivity contribution is -0.138. The van der Waals surface area contributed by atoms with Crippen molar-refractivity contribution < 1.29 is 15.0 Å². The summed E-state index contributed by atoms with van der Waals surface area (Å²) >= 11 is 1.24. The standard InChI is InChI=1S/C6H12O3S/c1-6(2,5(8)9)10-4-3-7/h7H,3-4H2,1-2H3,(H,8,9). The molecule has 10 heavy (non-hydrogen) atoms. The van der Waals surface area contributed by atoms with Gasteiger partial charge in [-0.1, -0.05) is 0 Å². The van der Waals surface area contributed by atoms with E-state index >= 15 is 0 Å². The monoisotopic (exact) mass is 164 g/mol. The van der Waals surface area contributed by atoms with E-state index < -0.39 is 10.7 Å². The summed E-state index contributed by atoms with van der Waals surface area (Å²) in [6, 6.07) is 0. The van der Waals surface area contributed by atoms with Crippen molar-refractivity contribution in [2.24, 2.45) is 0 Å². The Hall–Kier alpha value is -0.220. The lowest BCUT2D eigenvalue weighted by atomic mass is 10.2. The highest BCUT2D eigenvalue weighted by molar-refractivity contribution is 8.01. The quantitative estimate of drug-likeness (QED) is 0.638. The Morgan fingerprint density at radius 3 is 2.40 bits per heavy atom. The molecule has 3 nitrogen and oxygen atoms in total. The minimum Gasteiger partial charge on any atom is -0.480 e. The van der Waals surface area contributed by atoms with Crippen LogP contribution in [0.3, 0.4) is 0 Å². The summed E-state index contributed by atoms with van der Waals surface area (Å²) < 4.78 is -0.775. The summed E-state index contributed by atoms with van der Waals surface area (Å²) in [5.41, 5.74) is 0. The first kappa shape index (κ1) is 9.78. The lowest BCUT2D eigenvalue weighted by Gasteiger charge is -2.16. The van der Waals surface area contributed by atoms with Gasteiger partial charge in [-0.25, -0.2) is 0 Å². The number of thioether (sulfide) groups is 1. The second-order valence-electron chi connectivity index (χ2n) is 2.39. The van der Waals surface area contributed by atoms with Gasteiger partial charge in [-0.15, -0.1) is 11.8 Å². The first-order chi connectivity index (χ1) is 4.50. The predicted molar refractivity (Wildman–Crippen MR) is 41.3 cm³/mol. The van der Waals surface area contributed by atoms with Crippen LogP contribution in [0.4, 0.5) is 0 Å². The van der Waals surface area contributed by atoms with Gasteiger partial charge in [-0.3, -0.25) is 4.79 Å². The maximum Gasteiger partial charge on any atom is 0.319 e. The highest BCUT2D eigenvalue weighted by Gasteiger charge is 2.26. The molecule has 0 aliphatic rings. The summed E-state index contributed by atoms with van der Waals surface area (Å²) in [7, 11) is 0. The van der Waals surface area contributed by atoms with Gasteiger partial charge in [0.25, 0.3) is 0 Å². The number of hydrogen-bond acceptors (Lipinski definition) is 3. The van der Waals surface area contributed by atoms with Gasteiger partial charge in [0.1, 0.15) is 4.75 Å². The fourth-order valence-electron chi connectivity index (χ4n) is 0.363. The average Bonchev–Trinajstić information content (AvgIpc) is 1.84. The van der Waals surface area contributed by atoms with Crippen molar-refractivity contribution in [2.45, 2.75) is 18.6 Å². The highest BCUT2D eigenvalue weighted by atomic mass is 32.2. The Morgan fingerprint density at radius 1 is 1.60 bits per heavy atom. The summed E-state index contributed by atoms with van der Waals surface area (Å²) in [4.78, 5) is 10.4. The van der Waals surface area contributed by atoms with Crippen LogP contribution in [0.2, 0.25) is 0 Å². The molecule has 4 heteroatoms. The Bertz CT molecular complexity index is 122. The number of aliphatic hydroxyl groups is 1. The first-order valence-electron chi connectivity index (χ1n) is 2.99. The molecule has 0 radical (unpaired) electrons. The van der Waals surface area contributed by atoms with Crippen molar-refractivity contribution in [1.29, 1.82) is 0 Å². The zero-order chi connectivity index (χ0) is 8.20. The molecule has 0 aromatic rings. The highest BCUT2D eigenvalue weighted by Crippen LogP contribution is 2.23. The number of carboxylic acid groups (broad SMARTS) is 1. The summed E-state index contributed by atoms with van der Waals surface area (Å²) in [5.74, 6) is -0.370. The van der Waals surface area contributed by atoms with Crippen molar-refractivity contribution in [3.63, 3.8) is 0 Å². The van der Waals surface area contributed by atoms with Gasteiger partial charge in [0.05, 0.1) is 6.61 Å². The van der Waals surface area contributed by atoms with Gasteiger partial charge in [-0.05, 0) is 13.8 Å². The molecule has 0 aromatic carbocycles. The summed E-state index contributed by atoms with van der Waals surface area (Å²) in [5, 5.41) is 17.0. The van der Waals surface area contributed by atoms with Crippen molar-refractivity contribution in [3.8, 4) is 0 Å². The molecule has 0 heterocycles. The van der Waals surface area contributed by atoms with Crippen LogP contribution in [0.5, 0.6) is 0 Å². The number of rotatable bonds is 4. The topological polar surface area (TPSA) is 57.5 Å². The van der Waals surface area contributed by atoms with Crippen LogP contribution < -0.4 is 0 Å². The Balaban J connectivity index is 3.75. The minimum absolute atomic E-state index is 0.0291. The van der Waals surface area contributed by atoms with Gasteiger partial charge in [-0.2, -0.15) is 0 Å². The third-order valence-electron chi connectivity index (χ3n) is 1.07. The Kier molecular flexibility index (Phi) is 3.75. The third kappa shape index (κ3) is 3.08. The molecule has 0 rings (SSSR count). The van der Waals surface area contributed by atoms with Crippen molar-refractivity contribution in [1.82, 2.24) is 0 Å². The molecule has 0 aliphatic heterocycles. The van der Waals surface area contributed by atoms with E-state index in [4.69, 9.17) is 10.2 Å². The summed E-state index contributed by atoms with van der Waals surface area (Å²) in [6.45, 7) is 3.27. The molecule has 0 amide bonds. The van der Waals surface area contributed by atoms with Crippen LogP contribution in [0.15, 0.2) is 0 Å². The Morgan fingerprint density at radius 2 is 2.10 bits per heavy atom. The SMILES string of the molecule is CC(C)(SCCO)C(=O)O. The predicted octanol–water partition coefficient (Wildman–Crippen LogP) is 0.575. The van der Waals surface area contributed by atoms with E-state index in [0.717, 1.165) is 0 Å². The lowest BCUT2D eigenvalue weighted by Crippen LogP contribution is -2.27. The van der Waals surface area contributed by atoms with E-state index in [2.05, 4.69) is 0 Å². The van der Waals surface area contributed by atoms with Crippen LogP contribution >= 0.6 is 11.8 Å². The number of carboxylic acids is 1. The van der Waals surface area contributed by atoms with Crippen LogP contribution in [0, 0.1) is 0 Å². The molecule has 0 saturated carbocycles. The minimum atomic E-state index is -0.842. The fraction of sp³-hybridized carbons (Fsp3) is 0.833.